The van der Waals surface area contributed by atoms with E-state index >= 15 is 0 Å². The van der Waals surface area contributed by atoms with E-state index in [2.05, 4.69) is 20.7 Å². The lowest BCUT2D eigenvalue weighted by atomic mass is 10.1. The van der Waals surface area contributed by atoms with Crippen molar-refractivity contribution in [1.82, 2.24) is 15.4 Å². The molecular weight excluding hydrogens is 370 g/mol. The molecule has 130 valence electrons. The summed E-state index contributed by atoms with van der Waals surface area (Å²) in [5, 5.41) is 14.6. The SMILES string of the molecule is CCSc1nnc(NC(=O)Cc2cc(-c3ccc(F)cc3F)on2)s1. The van der Waals surface area contributed by atoms with Gasteiger partial charge in [-0.15, -0.1) is 10.2 Å². The van der Waals surface area contributed by atoms with Crippen molar-refractivity contribution in [2.75, 3.05) is 11.1 Å². The second kappa shape index (κ2) is 7.70. The molecule has 10 heteroatoms. The Morgan fingerprint density at radius 3 is 2.92 bits per heavy atom. The molecule has 0 bridgehead atoms. The van der Waals surface area contributed by atoms with Gasteiger partial charge in [-0.25, -0.2) is 8.78 Å². The van der Waals surface area contributed by atoms with Gasteiger partial charge >= 0.3 is 0 Å². The van der Waals surface area contributed by atoms with Crippen molar-refractivity contribution in [3.05, 3.63) is 41.6 Å². The van der Waals surface area contributed by atoms with Crippen molar-refractivity contribution in [2.24, 2.45) is 0 Å². The summed E-state index contributed by atoms with van der Waals surface area (Å²) < 4.78 is 32.5. The maximum atomic E-state index is 13.7. The highest BCUT2D eigenvalue weighted by molar-refractivity contribution is 8.01. The van der Waals surface area contributed by atoms with Gasteiger partial charge in [-0.1, -0.05) is 35.2 Å². The minimum atomic E-state index is -0.762. The second-order valence-corrected chi connectivity index (χ2v) is 7.33. The lowest BCUT2D eigenvalue weighted by Gasteiger charge is -1.98. The van der Waals surface area contributed by atoms with E-state index in [4.69, 9.17) is 4.52 Å². The van der Waals surface area contributed by atoms with E-state index < -0.39 is 11.6 Å². The summed E-state index contributed by atoms with van der Waals surface area (Å²) in [6.45, 7) is 2.00. The highest BCUT2D eigenvalue weighted by Crippen LogP contribution is 2.26. The van der Waals surface area contributed by atoms with E-state index in [1.54, 1.807) is 0 Å². The van der Waals surface area contributed by atoms with E-state index in [1.807, 2.05) is 6.92 Å². The van der Waals surface area contributed by atoms with E-state index in [0.29, 0.717) is 10.8 Å². The van der Waals surface area contributed by atoms with Crippen molar-refractivity contribution in [3.63, 3.8) is 0 Å². The Morgan fingerprint density at radius 1 is 1.32 bits per heavy atom. The predicted octanol–water partition coefficient (Wildman–Crippen LogP) is 3.76. The molecule has 1 N–H and O–H groups in total. The summed E-state index contributed by atoms with van der Waals surface area (Å²) in [6, 6.07) is 4.57. The van der Waals surface area contributed by atoms with Gasteiger partial charge in [-0.05, 0) is 17.9 Å². The fraction of sp³-hybridized carbons (Fsp3) is 0.200. The minimum absolute atomic E-state index is 0.0673. The fourth-order valence-electron chi connectivity index (χ4n) is 1.98. The standard InChI is InChI=1S/C15H12F2N4O2S2/c1-2-24-15-20-19-14(25-15)18-13(22)7-9-6-12(23-21-9)10-4-3-8(16)5-11(10)17/h3-6H,2,7H2,1H3,(H,18,19,22). The van der Waals surface area contributed by atoms with Gasteiger partial charge in [0.05, 0.1) is 17.7 Å². The third-order valence-corrected chi connectivity index (χ3v) is 4.87. The van der Waals surface area contributed by atoms with Crippen LogP contribution in [0.3, 0.4) is 0 Å². The van der Waals surface area contributed by atoms with Crippen molar-refractivity contribution >= 4 is 34.1 Å². The Morgan fingerprint density at radius 2 is 2.16 bits per heavy atom. The molecule has 0 aliphatic carbocycles. The van der Waals surface area contributed by atoms with Crippen molar-refractivity contribution < 1.29 is 18.1 Å². The molecule has 0 atom stereocenters. The number of carbonyl (C=O) groups excluding carboxylic acids is 1. The normalized spacial score (nSPS) is 10.8. The number of aromatic nitrogens is 3. The van der Waals surface area contributed by atoms with Crippen LogP contribution in [0.25, 0.3) is 11.3 Å². The molecule has 2 aromatic heterocycles. The van der Waals surface area contributed by atoms with Crippen LogP contribution in [0.2, 0.25) is 0 Å². The first-order valence-electron chi connectivity index (χ1n) is 7.22. The molecule has 6 nitrogen and oxygen atoms in total. The Balaban J connectivity index is 1.65. The van der Waals surface area contributed by atoms with Crippen LogP contribution in [0.15, 0.2) is 33.1 Å². The van der Waals surface area contributed by atoms with Crippen LogP contribution in [0.5, 0.6) is 0 Å². The minimum Gasteiger partial charge on any atom is -0.356 e. The number of nitrogens with one attached hydrogen (secondary N) is 1. The molecule has 0 saturated carbocycles. The maximum Gasteiger partial charge on any atom is 0.232 e. The molecule has 25 heavy (non-hydrogen) atoms. The van der Waals surface area contributed by atoms with Crippen LogP contribution in [-0.4, -0.2) is 27.0 Å². The number of thioether (sulfide) groups is 1. The number of hydrogen-bond acceptors (Lipinski definition) is 7. The zero-order valence-corrected chi connectivity index (χ0v) is 14.6. The van der Waals surface area contributed by atoms with Crippen LogP contribution in [-0.2, 0) is 11.2 Å². The summed E-state index contributed by atoms with van der Waals surface area (Å²) in [7, 11) is 0. The van der Waals surface area contributed by atoms with E-state index in [-0.39, 0.29) is 23.7 Å². The predicted molar refractivity (Wildman–Crippen MR) is 90.5 cm³/mol. The van der Waals surface area contributed by atoms with Gasteiger partial charge in [0.25, 0.3) is 0 Å². The van der Waals surface area contributed by atoms with Gasteiger partial charge < -0.3 is 9.84 Å². The van der Waals surface area contributed by atoms with Crippen LogP contribution in [0.4, 0.5) is 13.9 Å². The Kier molecular flexibility index (Phi) is 5.39. The molecule has 3 aromatic rings. The number of anilines is 1. The van der Waals surface area contributed by atoms with Gasteiger partial charge in [-0.2, -0.15) is 0 Å². The molecule has 0 aliphatic rings. The molecule has 0 fully saturated rings. The molecule has 0 aliphatic heterocycles. The fourth-order valence-corrected chi connectivity index (χ4v) is 3.65. The van der Waals surface area contributed by atoms with Gasteiger partial charge in [0.2, 0.25) is 11.0 Å². The van der Waals surface area contributed by atoms with Gasteiger partial charge in [0.15, 0.2) is 10.1 Å². The number of halogens is 2. The molecule has 1 amide bonds. The largest absolute Gasteiger partial charge is 0.356 e. The molecule has 1 aromatic carbocycles. The quantitative estimate of drug-likeness (QED) is 0.516. The van der Waals surface area contributed by atoms with Crippen molar-refractivity contribution in [1.29, 1.82) is 0 Å². The Hall–Kier alpha value is -2.33. The number of rotatable bonds is 6. The average Bonchev–Trinajstić information content (AvgIpc) is 3.17. The monoisotopic (exact) mass is 382 g/mol. The number of nitrogens with zero attached hydrogens (tertiary/aromatic N) is 3. The van der Waals surface area contributed by atoms with E-state index in [1.165, 1.54) is 35.2 Å². The average molecular weight is 382 g/mol. The number of benzene rings is 1. The first-order chi connectivity index (χ1) is 12.0. The summed E-state index contributed by atoms with van der Waals surface area (Å²) in [6.07, 6.45) is -0.0673. The lowest BCUT2D eigenvalue weighted by molar-refractivity contribution is -0.115. The second-order valence-electron chi connectivity index (χ2n) is 4.84. The highest BCUT2D eigenvalue weighted by Gasteiger charge is 2.15. The van der Waals surface area contributed by atoms with Gasteiger partial charge in [0, 0.05) is 12.1 Å². The zero-order valence-electron chi connectivity index (χ0n) is 13.0. The topological polar surface area (TPSA) is 80.9 Å². The molecule has 3 rings (SSSR count). The molecule has 2 heterocycles. The van der Waals surface area contributed by atoms with Crippen molar-refractivity contribution in [3.8, 4) is 11.3 Å². The zero-order chi connectivity index (χ0) is 17.8. The van der Waals surface area contributed by atoms with Gasteiger partial charge in [-0.3, -0.25) is 4.79 Å². The van der Waals surface area contributed by atoms with Crippen LogP contribution < -0.4 is 5.32 Å². The Labute approximate surface area is 149 Å². The number of amides is 1. The van der Waals surface area contributed by atoms with Crippen molar-refractivity contribution in [2.45, 2.75) is 17.7 Å². The van der Waals surface area contributed by atoms with Gasteiger partial charge in [0.1, 0.15) is 11.6 Å². The third-order valence-electron chi connectivity index (χ3n) is 3.02. The summed E-state index contributed by atoms with van der Waals surface area (Å²) >= 11 is 2.82. The first-order valence-corrected chi connectivity index (χ1v) is 9.02. The van der Waals surface area contributed by atoms with Crippen LogP contribution in [0.1, 0.15) is 12.6 Å². The molecular formula is C15H12F2N4O2S2. The smallest absolute Gasteiger partial charge is 0.232 e. The summed E-state index contributed by atoms with van der Waals surface area (Å²) in [5.41, 5.74) is 0.398. The van der Waals surface area contributed by atoms with Crippen LogP contribution >= 0.6 is 23.1 Å². The number of carbonyl (C=O) groups is 1. The molecule has 0 radical (unpaired) electrons. The molecule has 0 unspecified atom stereocenters. The highest BCUT2D eigenvalue weighted by atomic mass is 32.2. The summed E-state index contributed by atoms with van der Waals surface area (Å²) in [4.78, 5) is 12.0. The third kappa shape index (κ3) is 4.40. The van der Waals surface area contributed by atoms with E-state index in [0.717, 1.165) is 22.2 Å². The van der Waals surface area contributed by atoms with E-state index in [9.17, 15) is 13.6 Å². The molecule has 0 spiro atoms. The summed E-state index contributed by atoms with van der Waals surface area (Å²) in [5.74, 6) is -0.800. The Bertz CT molecular complexity index is 897. The number of hydrogen-bond donors (Lipinski definition) is 1. The maximum absolute atomic E-state index is 13.7. The van der Waals surface area contributed by atoms with Crippen LogP contribution in [0, 0.1) is 11.6 Å². The lowest BCUT2D eigenvalue weighted by Crippen LogP contribution is -2.14. The first kappa shape index (κ1) is 17.5. The molecule has 0 saturated heterocycles.